The Hall–Kier alpha value is -0.570. The third-order valence-electron chi connectivity index (χ3n) is 3.11. The van der Waals surface area contributed by atoms with Gasteiger partial charge in [0.25, 0.3) is 0 Å². The standard InChI is InChI=1S/C13H26N4O2.HI/c1-4-6-15-12(18)8-16-13(14-2)17(3)9-11-5-7-19-10-11;/h11H,4-10H2,1-3H3,(H,14,16)(H,15,18);1H. The first-order chi connectivity index (χ1) is 9.17. The molecule has 0 bridgehead atoms. The zero-order chi connectivity index (χ0) is 14.1. The van der Waals surface area contributed by atoms with Crippen LogP contribution in [0.15, 0.2) is 4.99 Å². The van der Waals surface area contributed by atoms with Gasteiger partial charge in [-0.3, -0.25) is 9.79 Å². The van der Waals surface area contributed by atoms with Gasteiger partial charge in [-0.2, -0.15) is 0 Å². The van der Waals surface area contributed by atoms with E-state index < -0.39 is 0 Å². The molecule has 1 heterocycles. The Morgan fingerprint density at radius 3 is 2.75 bits per heavy atom. The molecule has 1 saturated heterocycles. The van der Waals surface area contributed by atoms with E-state index in [-0.39, 0.29) is 36.4 Å². The van der Waals surface area contributed by atoms with Crippen LogP contribution in [0.25, 0.3) is 0 Å². The van der Waals surface area contributed by atoms with Crippen LogP contribution in [0.3, 0.4) is 0 Å². The van der Waals surface area contributed by atoms with E-state index in [1.165, 1.54) is 0 Å². The van der Waals surface area contributed by atoms with Crippen molar-refractivity contribution >= 4 is 35.8 Å². The molecule has 7 heteroatoms. The van der Waals surface area contributed by atoms with Gasteiger partial charge in [0.2, 0.25) is 5.91 Å². The fraction of sp³-hybridized carbons (Fsp3) is 0.846. The molecule has 0 saturated carbocycles. The van der Waals surface area contributed by atoms with E-state index in [0.717, 1.165) is 38.6 Å². The van der Waals surface area contributed by atoms with Crippen LogP contribution in [-0.4, -0.2) is 63.7 Å². The smallest absolute Gasteiger partial charge is 0.239 e. The van der Waals surface area contributed by atoms with E-state index in [9.17, 15) is 4.79 Å². The molecule has 6 nitrogen and oxygen atoms in total. The molecule has 0 spiro atoms. The van der Waals surface area contributed by atoms with Gasteiger partial charge in [-0.25, -0.2) is 0 Å². The lowest BCUT2D eigenvalue weighted by atomic mass is 10.1. The van der Waals surface area contributed by atoms with Crippen molar-refractivity contribution in [2.75, 3.05) is 46.9 Å². The molecule has 118 valence electrons. The third-order valence-corrected chi connectivity index (χ3v) is 3.11. The maximum absolute atomic E-state index is 11.5. The molecule has 1 atom stereocenters. The summed E-state index contributed by atoms with van der Waals surface area (Å²) in [5.41, 5.74) is 0. The zero-order valence-electron chi connectivity index (χ0n) is 12.6. The summed E-state index contributed by atoms with van der Waals surface area (Å²) in [5, 5.41) is 5.90. The number of amides is 1. The predicted molar refractivity (Wildman–Crippen MR) is 91.6 cm³/mol. The molecule has 1 unspecified atom stereocenters. The molecule has 1 aliphatic rings. The third kappa shape index (κ3) is 7.28. The minimum absolute atomic E-state index is 0. The van der Waals surface area contributed by atoms with Crippen molar-refractivity contribution in [3.63, 3.8) is 0 Å². The summed E-state index contributed by atoms with van der Waals surface area (Å²) >= 11 is 0. The van der Waals surface area contributed by atoms with Crippen LogP contribution in [0.1, 0.15) is 19.8 Å². The van der Waals surface area contributed by atoms with Crippen LogP contribution >= 0.6 is 24.0 Å². The molecule has 2 N–H and O–H groups in total. The average molecular weight is 398 g/mol. The van der Waals surface area contributed by atoms with Gasteiger partial charge < -0.3 is 20.3 Å². The Balaban J connectivity index is 0.00000361. The van der Waals surface area contributed by atoms with Gasteiger partial charge in [0.05, 0.1) is 13.2 Å². The molecule has 1 rings (SSSR count). The lowest BCUT2D eigenvalue weighted by molar-refractivity contribution is -0.120. The number of carbonyl (C=O) groups is 1. The monoisotopic (exact) mass is 398 g/mol. The number of aliphatic imine (C=N–C) groups is 1. The summed E-state index contributed by atoms with van der Waals surface area (Å²) in [6.07, 6.45) is 2.04. The summed E-state index contributed by atoms with van der Waals surface area (Å²) < 4.78 is 5.36. The van der Waals surface area contributed by atoms with Crippen molar-refractivity contribution in [2.45, 2.75) is 19.8 Å². The van der Waals surface area contributed by atoms with Gasteiger partial charge in [-0.05, 0) is 12.8 Å². The van der Waals surface area contributed by atoms with Crippen LogP contribution in [0.5, 0.6) is 0 Å². The first-order valence-electron chi connectivity index (χ1n) is 6.93. The van der Waals surface area contributed by atoms with Crippen molar-refractivity contribution in [3.05, 3.63) is 0 Å². The lowest BCUT2D eigenvalue weighted by Gasteiger charge is -2.24. The van der Waals surface area contributed by atoms with Crippen LogP contribution < -0.4 is 10.6 Å². The minimum Gasteiger partial charge on any atom is -0.381 e. The van der Waals surface area contributed by atoms with E-state index in [0.29, 0.717) is 12.5 Å². The number of ether oxygens (including phenoxy) is 1. The number of carbonyl (C=O) groups excluding carboxylic acids is 1. The molecule has 1 fully saturated rings. The van der Waals surface area contributed by atoms with Gasteiger partial charge in [0, 0.05) is 39.7 Å². The van der Waals surface area contributed by atoms with E-state index in [1.54, 1.807) is 7.05 Å². The van der Waals surface area contributed by atoms with Crippen molar-refractivity contribution in [1.82, 2.24) is 15.5 Å². The molecule has 0 aromatic heterocycles. The number of halogens is 1. The van der Waals surface area contributed by atoms with Crippen molar-refractivity contribution in [2.24, 2.45) is 10.9 Å². The maximum Gasteiger partial charge on any atom is 0.239 e. The SMILES string of the molecule is CCCNC(=O)CNC(=NC)N(C)CC1CCOC1.I. The van der Waals surface area contributed by atoms with E-state index in [4.69, 9.17) is 4.74 Å². The van der Waals surface area contributed by atoms with Crippen molar-refractivity contribution < 1.29 is 9.53 Å². The molecule has 1 aliphatic heterocycles. The topological polar surface area (TPSA) is 66.0 Å². The number of hydrogen-bond acceptors (Lipinski definition) is 3. The molecule has 0 aromatic carbocycles. The first-order valence-corrected chi connectivity index (χ1v) is 6.93. The second kappa shape index (κ2) is 11.1. The van der Waals surface area contributed by atoms with E-state index in [1.807, 2.05) is 18.9 Å². The van der Waals surface area contributed by atoms with Crippen LogP contribution in [0.4, 0.5) is 0 Å². The molecular weight excluding hydrogens is 371 g/mol. The fourth-order valence-corrected chi connectivity index (χ4v) is 2.07. The summed E-state index contributed by atoms with van der Waals surface area (Å²) in [4.78, 5) is 17.8. The highest BCUT2D eigenvalue weighted by Crippen LogP contribution is 2.13. The van der Waals surface area contributed by atoms with Crippen molar-refractivity contribution in [1.29, 1.82) is 0 Å². The molecule has 20 heavy (non-hydrogen) atoms. The second-order valence-corrected chi connectivity index (χ2v) is 4.86. The van der Waals surface area contributed by atoms with E-state index in [2.05, 4.69) is 15.6 Å². The first kappa shape index (κ1) is 19.4. The van der Waals surface area contributed by atoms with Crippen LogP contribution in [0.2, 0.25) is 0 Å². The maximum atomic E-state index is 11.5. The highest BCUT2D eigenvalue weighted by Gasteiger charge is 2.19. The lowest BCUT2D eigenvalue weighted by Crippen LogP contribution is -2.45. The van der Waals surface area contributed by atoms with Gasteiger partial charge in [0.1, 0.15) is 0 Å². The quantitative estimate of drug-likeness (QED) is 0.392. The minimum atomic E-state index is 0. The number of nitrogens with one attached hydrogen (secondary N) is 2. The normalized spacial score (nSPS) is 18.4. The number of hydrogen-bond donors (Lipinski definition) is 2. The number of guanidine groups is 1. The number of rotatable bonds is 6. The Labute approximate surface area is 138 Å². The largest absolute Gasteiger partial charge is 0.381 e. The predicted octanol–water partition coefficient (Wildman–Crippen LogP) is 0.674. The highest BCUT2D eigenvalue weighted by atomic mass is 127. The zero-order valence-corrected chi connectivity index (χ0v) is 15.0. The summed E-state index contributed by atoms with van der Waals surface area (Å²) in [5.74, 6) is 1.30. The van der Waals surface area contributed by atoms with Gasteiger partial charge in [0.15, 0.2) is 5.96 Å². The summed E-state index contributed by atoms with van der Waals surface area (Å²) in [6.45, 7) is 5.58. The van der Waals surface area contributed by atoms with Crippen LogP contribution in [-0.2, 0) is 9.53 Å². The summed E-state index contributed by atoms with van der Waals surface area (Å²) in [6, 6.07) is 0. The Bertz CT molecular complexity index is 307. The Morgan fingerprint density at radius 2 is 2.20 bits per heavy atom. The number of nitrogens with zero attached hydrogens (tertiary/aromatic N) is 2. The van der Waals surface area contributed by atoms with Crippen molar-refractivity contribution in [3.8, 4) is 0 Å². The van der Waals surface area contributed by atoms with Gasteiger partial charge >= 0.3 is 0 Å². The molecule has 0 aliphatic carbocycles. The fourth-order valence-electron chi connectivity index (χ4n) is 2.07. The Morgan fingerprint density at radius 1 is 1.45 bits per heavy atom. The second-order valence-electron chi connectivity index (χ2n) is 4.86. The Kier molecular flexibility index (Phi) is 10.8. The molecule has 1 amide bonds. The molecule has 0 aromatic rings. The van der Waals surface area contributed by atoms with Gasteiger partial charge in [-0.1, -0.05) is 6.92 Å². The average Bonchev–Trinajstić information content (AvgIpc) is 2.89. The molecule has 0 radical (unpaired) electrons. The van der Waals surface area contributed by atoms with Gasteiger partial charge in [-0.15, -0.1) is 24.0 Å². The summed E-state index contributed by atoms with van der Waals surface area (Å²) in [7, 11) is 3.71. The van der Waals surface area contributed by atoms with Crippen LogP contribution in [0, 0.1) is 5.92 Å². The molecular formula is C13H27IN4O2. The highest BCUT2D eigenvalue weighted by molar-refractivity contribution is 14.0. The van der Waals surface area contributed by atoms with E-state index >= 15 is 0 Å².